The number of nitrogens with zero attached hydrogens (tertiary/aromatic N) is 1. The van der Waals surface area contributed by atoms with Crippen molar-refractivity contribution in [1.82, 2.24) is 10.2 Å². The van der Waals surface area contributed by atoms with Crippen molar-refractivity contribution in [2.45, 2.75) is 32.4 Å². The molecule has 110 valence electrons. The van der Waals surface area contributed by atoms with Crippen LogP contribution in [0.15, 0.2) is 24.3 Å². The summed E-state index contributed by atoms with van der Waals surface area (Å²) in [4.78, 5) is 13.9. The summed E-state index contributed by atoms with van der Waals surface area (Å²) in [5, 5.41) is 3.45. The summed E-state index contributed by atoms with van der Waals surface area (Å²) in [5.74, 6) is -0.285. The Hall–Kier alpha value is -1.39. The van der Waals surface area contributed by atoms with Crippen LogP contribution >= 0.6 is 0 Å². The molecule has 4 heteroatoms. The van der Waals surface area contributed by atoms with Crippen LogP contribution < -0.4 is 5.32 Å². The molecule has 0 spiro atoms. The van der Waals surface area contributed by atoms with Crippen LogP contribution in [0.4, 0.5) is 0 Å². The fourth-order valence-corrected chi connectivity index (χ4v) is 2.37. The van der Waals surface area contributed by atoms with Gasteiger partial charge in [0.25, 0.3) is 0 Å². The lowest BCUT2D eigenvalue weighted by Crippen LogP contribution is -2.33. The maximum Gasteiger partial charge on any atom is 0.337 e. The average Bonchev–Trinajstić information content (AvgIpc) is 3.32. The molecule has 0 aliphatic heterocycles. The van der Waals surface area contributed by atoms with E-state index in [1.807, 2.05) is 24.3 Å². The number of benzene rings is 1. The number of hydrogen-bond donors (Lipinski definition) is 1. The zero-order valence-electron chi connectivity index (χ0n) is 12.4. The van der Waals surface area contributed by atoms with E-state index in [0.29, 0.717) is 5.56 Å². The number of hydrogen-bond acceptors (Lipinski definition) is 4. The molecule has 0 heterocycles. The molecule has 0 unspecified atom stereocenters. The van der Waals surface area contributed by atoms with Gasteiger partial charge in [-0.25, -0.2) is 4.79 Å². The molecule has 1 saturated carbocycles. The van der Waals surface area contributed by atoms with Gasteiger partial charge < -0.3 is 10.1 Å². The molecule has 1 aromatic rings. The highest BCUT2D eigenvalue weighted by Gasteiger charge is 2.26. The highest BCUT2D eigenvalue weighted by molar-refractivity contribution is 5.89. The molecule has 1 N–H and O–H groups in total. The van der Waals surface area contributed by atoms with Gasteiger partial charge in [0, 0.05) is 25.7 Å². The summed E-state index contributed by atoms with van der Waals surface area (Å²) in [6.45, 7) is 6.32. The molecule has 1 aliphatic rings. The van der Waals surface area contributed by atoms with Gasteiger partial charge in [-0.05, 0) is 37.1 Å². The zero-order chi connectivity index (χ0) is 14.4. The number of carbonyl (C=O) groups is 1. The zero-order valence-corrected chi connectivity index (χ0v) is 12.4. The monoisotopic (exact) mass is 276 g/mol. The van der Waals surface area contributed by atoms with Crippen molar-refractivity contribution in [3.05, 3.63) is 35.4 Å². The molecule has 0 atom stereocenters. The van der Waals surface area contributed by atoms with Crippen LogP contribution in [0.2, 0.25) is 0 Å². The largest absolute Gasteiger partial charge is 0.465 e. The van der Waals surface area contributed by atoms with Crippen molar-refractivity contribution in [3.8, 4) is 0 Å². The number of methoxy groups -OCH3 is 1. The van der Waals surface area contributed by atoms with Gasteiger partial charge >= 0.3 is 5.97 Å². The van der Waals surface area contributed by atoms with Gasteiger partial charge in [0.15, 0.2) is 0 Å². The van der Waals surface area contributed by atoms with Crippen LogP contribution in [0.5, 0.6) is 0 Å². The molecule has 0 saturated heterocycles. The van der Waals surface area contributed by atoms with Gasteiger partial charge in [-0.3, -0.25) is 4.90 Å². The van der Waals surface area contributed by atoms with Crippen molar-refractivity contribution >= 4 is 5.97 Å². The first-order valence-electron chi connectivity index (χ1n) is 7.36. The minimum atomic E-state index is -0.285. The van der Waals surface area contributed by atoms with Gasteiger partial charge in [0.2, 0.25) is 0 Å². The fourth-order valence-electron chi connectivity index (χ4n) is 2.37. The summed E-state index contributed by atoms with van der Waals surface area (Å²) in [7, 11) is 1.40. The Bertz CT molecular complexity index is 427. The van der Waals surface area contributed by atoms with E-state index in [9.17, 15) is 4.79 Å². The first-order valence-corrected chi connectivity index (χ1v) is 7.36. The lowest BCUT2D eigenvalue weighted by atomic mass is 10.1. The number of carbonyl (C=O) groups excluding carboxylic acids is 1. The lowest BCUT2D eigenvalue weighted by molar-refractivity contribution is 0.0600. The average molecular weight is 276 g/mol. The second-order valence-corrected chi connectivity index (χ2v) is 5.23. The molecule has 20 heavy (non-hydrogen) atoms. The molecule has 0 aromatic heterocycles. The lowest BCUT2D eigenvalue weighted by Gasteiger charge is -2.19. The predicted molar refractivity (Wildman–Crippen MR) is 79.8 cm³/mol. The smallest absolute Gasteiger partial charge is 0.337 e. The minimum Gasteiger partial charge on any atom is -0.465 e. The Morgan fingerprint density at radius 1 is 1.35 bits per heavy atom. The third kappa shape index (κ3) is 4.32. The summed E-state index contributed by atoms with van der Waals surface area (Å²) >= 11 is 0. The van der Waals surface area contributed by atoms with Gasteiger partial charge in [0.05, 0.1) is 12.7 Å². The number of ether oxygens (including phenoxy) is 1. The summed E-state index contributed by atoms with van der Waals surface area (Å²) in [6.07, 6.45) is 2.73. The third-order valence-corrected chi connectivity index (χ3v) is 3.75. The van der Waals surface area contributed by atoms with Crippen molar-refractivity contribution in [1.29, 1.82) is 0 Å². The van der Waals surface area contributed by atoms with Crippen LogP contribution in [0, 0.1) is 0 Å². The summed E-state index contributed by atoms with van der Waals surface area (Å²) in [6, 6.07) is 8.40. The summed E-state index contributed by atoms with van der Waals surface area (Å²) < 4.78 is 4.68. The van der Waals surface area contributed by atoms with Crippen molar-refractivity contribution in [3.63, 3.8) is 0 Å². The first-order chi connectivity index (χ1) is 9.74. The maximum atomic E-state index is 11.3. The topological polar surface area (TPSA) is 41.6 Å². The number of esters is 1. The second-order valence-electron chi connectivity index (χ2n) is 5.23. The number of likely N-dealkylation sites (N-methyl/N-ethyl adjacent to an activating group) is 1. The quantitative estimate of drug-likeness (QED) is 0.583. The van der Waals surface area contributed by atoms with Crippen LogP contribution in [0.3, 0.4) is 0 Å². The van der Waals surface area contributed by atoms with Gasteiger partial charge in [-0.15, -0.1) is 0 Å². The normalized spacial score (nSPS) is 14.6. The van der Waals surface area contributed by atoms with Crippen LogP contribution in [0.1, 0.15) is 35.7 Å². The standard InChI is InChI=1S/C16H24N2O2/c1-3-18(15-8-9-15)11-10-17-12-13-4-6-14(7-5-13)16(19)20-2/h4-7,15,17H,3,8-12H2,1-2H3. The van der Waals surface area contributed by atoms with Gasteiger partial charge in [-0.2, -0.15) is 0 Å². The predicted octanol–water partition coefficient (Wildman–Crippen LogP) is 2.05. The van der Waals surface area contributed by atoms with Crippen LogP contribution in [0.25, 0.3) is 0 Å². The van der Waals surface area contributed by atoms with Crippen LogP contribution in [-0.2, 0) is 11.3 Å². The molecule has 4 nitrogen and oxygen atoms in total. The van der Waals surface area contributed by atoms with E-state index in [1.165, 1.54) is 25.5 Å². The Kier molecular flexibility index (Phi) is 5.56. The first kappa shape index (κ1) is 15.0. The van der Waals surface area contributed by atoms with Gasteiger partial charge in [-0.1, -0.05) is 19.1 Å². The Labute approximate surface area is 121 Å². The van der Waals surface area contributed by atoms with Crippen molar-refractivity contribution in [2.24, 2.45) is 0 Å². The van der Waals surface area contributed by atoms with Crippen LogP contribution in [-0.4, -0.2) is 43.7 Å². The molecule has 0 bridgehead atoms. The molecule has 1 aromatic carbocycles. The highest BCUT2D eigenvalue weighted by atomic mass is 16.5. The van der Waals surface area contributed by atoms with E-state index >= 15 is 0 Å². The Balaban J connectivity index is 1.69. The number of rotatable bonds is 8. The second kappa shape index (κ2) is 7.41. The Morgan fingerprint density at radius 3 is 2.60 bits per heavy atom. The Morgan fingerprint density at radius 2 is 2.05 bits per heavy atom. The molecule has 2 rings (SSSR count). The van der Waals surface area contributed by atoms with Crippen molar-refractivity contribution in [2.75, 3.05) is 26.7 Å². The van der Waals surface area contributed by atoms with Crippen molar-refractivity contribution < 1.29 is 9.53 Å². The molecular formula is C16H24N2O2. The minimum absolute atomic E-state index is 0.285. The highest BCUT2D eigenvalue weighted by Crippen LogP contribution is 2.25. The fraction of sp³-hybridized carbons (Fsp3) is 0.562. The molecule has 0 amide bonds. The molecule has 1 aliphatic carbocycles. The summed E-state index contributed by atoms with van der Waals surface area (Å²) in [5.41, 5.74) is 1.79. The maximum absolute atomic E-state index is 11.3. The molecule has 1 fully saturated rings. The van der Waals surface area contributed by atoms with E-state index < -0.39 is 0 Å². The third-order valence-electron chi connectivity index (χ3n) is 3.75. The SMILES string of the molecule is CCN(CCNCc1ccc(C(=O)OC)cc1)C1CC1. The molecular weight excluding hydrogens is 252 g/mol. The van der Waals surface area contributed by atoms with E-state index in [2.05, 4.69) is 21.9 Å². The number of nitrogens with one attached hydrogen (secondary N) is 1. The van der Waals surface area contributed by atoms with E-state index in [1.54, 1.807) is 0 Å². The van der Waals surface area contributed by atoms with E-state index in [-0.39, 0.29) is 5.97 Å². The van der Waals surface area contributed by atoms with Gasteiger partial charge in [0.1, 0.15) is 0 Å². The molecule has 0 radical (unpaired) electrons. The van der Waals surface area contributed by atoms with E-state index in [0.717, 1.165) is 32.2 Å². The van der Waals surface area contributed by atoms with E-state index in [4.69, 9.17) is 0 Å².